The Morgan fingerprint density at radius 2 is 1.96 bits per heavy atom. The van der Waals surface area contributed by atoms with Crippen molar-refractivity contribution < 1.29 is 0 Å². The van der Waals surface area contributed by atoms with Crippen molar-refractivity contribution in [1.82, 2.24) is 4.98 Å². The molecule has 4 rings (SSSR count). The highest BCUT2D eigenvalue weighted by molar-refractivity contribution is 6.31. The zero-order valence-corrected chi connectivity index (χ0v) is 13.3. The molecule has 1 aliphatic rings. The molecule has 0 saturated heterocycles. The average molecular weight is 322 g/mol. The van der Waals surface area contributed by atoms with E-state index in [0.717, 1.165) is 41.6 Å². The summed E-state index contributed by atoms with van der Waals surface area (Å²) in [7, 11) is 0. The summed E-state index contributed by atoms with van der Waals surface area (Å²) in [4.78, 5) is 4.36. The Balaban J connectivity index is 1.70. The second-order valence-electron chi connectivity index (χ2n) is 5.70. The fourth-order valence-electron chi connectivity index (χ4n) is 3.06. The van der Waals surface area contributed by atoms with E-state index in [9.17, 15) is 0 Å². The number of hydrazone groups is 1. The number of anilines is 1. The van der Waals surface area contributed by atoms with Gasteiger partial charge in [-0.25, -0.2) is 0 Å². The van der Waals surface area contributed by atoms with Gasteiger partial charge in [0.15, 0.2) is 0 Å². The molecule has 3 nitrogen and oxygen atoms in total. The van der Waals surface area contributed by atoms with Crippen LogP contribution in [0.4, 0.5) is 5.69 Å². The summed E-state index contributed by atoms with van der Waals surface area (Å²) in [5.41, 5.74) is 8.79. The maximum atomic E-state index is 6.04. The smallest absolute Gasteiger partial charge is 0.0738 e. The van der Waals surface area contributed by atoms with Crippen LogP contribution in [0.15, 0.2) is 59.8 Å². The van der Waals surface area contributed by atoms with E-state index in [-0.39, 0.29) is 0 Å². The van der Waals surface area contributed by atoms with Crippen LogP contribution < -0.4 is 5.43 Å². The van der Waals surface area contributed by atoms with Crippen molar-refractivity contribution in [3.05, 3.63) is 70.9 Å². The number of nitrogens with one attached hydrogen (secondary N) is 1. The van der Waals surface area contributed by atoms with E-state index in [2.05, 4.69) is 39.8 Å². The minimum absolute atomic E-state index is 0.690. The first kappa shape index (κ1) is 14.2. The van der Waals surface area contributed by atoms with E-state index in [1.54, 1.807) is 6.20 Å². The lowest BCUT2D eigenvalue weighted by Gasteiger charge is -2.17. The molecule has 1 aliphatic carbocycles. The predicted octanol–water partition coefficient (Wildman–Crippen LogP) is 5.04. The van der Waals surface area contributed by atoms with Crippen LogP contribution in [0.5, 0.6) is 0 Å². The molecule has 0 unspecified atom stereocenters. The quantitative estimate of drug-likeness (QED) is 0.671. The molecule has 0 atom stereocenters. The predicted molar refractivity (Wildman–Crippen MR) is 96.3 cm³/mol. The molecule has 114 valence electrons. The molecule has 4 heteroatoms. The Morgan fingerprint density at radius 3 is 2.91 bits per heavy atom. The number of aryl methyl sites for hydroxylation is 1. The van der Waals surface area contributed by atoms with Crippen LogP contribution in [0.25, 0.3) is 10.9 Å². The molecule has 1 aromatic heterocycles. The van der Waals surface area contributed by atoms with Crippen LogP contribution in [-0.2, 0) is 6.42 Å². The maximum Gasteiger partial charge on any atom is 0.0738 e. The Kier molecular flexibility index (Phi) is 3.72. The van der Waals surface area contributed by atoms with Gasteiger partial charge >= 0.3 is 0 Å². The van der Waals surface area contributed by atoms with Gasteiger partial charge in [0, 0.05) is 22.2 Å². The van der Waals surface area contributed by atoms with Crippen LogP contribution in [0.2, 0.25) is 5.02 Å². The summed E-state index contributed by atoms with van der Waals surface area (Å²) in [6.45, 7) is 0. The van der Waals surface area contributed by atoms with Crippen molar-refractivity contribution in [2.24, 2.45) is 5.10 Å². The van der Waals surface area contributed by atoms with Crippen LogP contribution in [-0.4, -0.2) is 10.7 Å². The lowest BCUT2D eigenvalue weighted by atomic mass is 9.90. The van der Waals surface area contributed by atoms with Crippen LogP contribution in [0, 0.1) is 0 Å². The molecular weight excluding hydrogens is 306 g/mol. The number of fused-ring (bicyclic) bond motifs is 2. The number of halogens is 1. The summed E-state index contributed by atoms with van der Waals surface area (Å²) in [5.74, 6) is 0. The molecule has 1 heterocycles. The lowest BCUT2D eigenvalue weighted by Crippen LogP contribution is -2.13. The molecule has 0 aliphatic heterocycles. The average Bonchev–Trinajstić information content (AvgIpc) is 2.59. The van der Waals surface area contributed by atoms with Gasteiger partial charge in [-0.15, -0.1) is 0 Å². The first-order valence-electron chi connectivity index (χ1n) is 7.76. The third-order valence-corrected chi connectivity index (χ3v) is 4.44. The van der Waals surface area contributed by atoms with Gasteiger partial charge in [0.25, 0.3) is 0 Å². The third-order valence-electron chi connectivity index (χ3n) is 4.20. The van der Waals surface area contributed by atoms with Crippen molar-refractivity contribution in [3.8, 4) is 0 Å². The number of hydrogen-bond acceptors (Lipinski definition) is 3. The number of pyridine rings is 1. The number of rotatable bonds is 2. The zero-order valence-electron chi connectivity index (χ0n) is 12.6. The summed E-state index contributed by atoms with van der Waals surface area (Å²) in [6.07, 6.45) is 5.05. The number of nitrogens with zero attached hydrogens (tertiary/aromatic N) is 2. The van der Waals surface area contributed by atoms with Gasteiger partial charge in [0.05, 0.1) is 16.9 Å². The van der Waals surface area contributed by atoms with E-state index in [4.69, 9.17) is 11.6 Å². The van der Waals surface area contributed by atoms with Gasteiger partial charge in [0.2, 0.25) is 0 Å². The Morgan fingerprint density at radius 1 is 1.04 bits per heavy atom. The molecule has 0 saturated carbocycles. The van der Waals surface area contributed by atoms with Crippen molar-refractivity contribution in [3.63, 3.8) is 0 Å². The van der Waals surface area contributed by atoms with Crippen molar-refractivity contribution in [1.29, 1.82) is 0 Å². The van der Waals surface area contributed by atoms with Gasteiger partial charge in [-0.3, -0.25) is 10.4 Å². The molecular formula is C19H16ClN3. The van der Waals surface area contributed by atoms with Crippen molar-refractivity contribution in [2.45, 2.75) is 19.3 Å². The van der Waals surface area contributed by atoms with Crippen molar-refractivity contribution >= 4 is 33.9 Å². The van der Waals surface area contributed by atoms with E-state index in [0.29, 0.717) is 5.02 Å². The SMILES string of the molecule is Clc1ccc2c(NN=C3CCCc4ccccc43)ccnc2c1. The summed E-state index contributed by atoms with van der Waals surface area (Å²) in [6, 6.07) is 16.2. The highest BCUT2D eigenvalue weighted by Crippen LogP contribution is 2.26. The third kappa shape index (κ3) is 2.80. The standard InChI is InChI=1S/C19H16ClN3/c20-14-8-9-16-18(10-11-21-19(16)12-14)23-22-17-7-3-5-13-4-1-2-6-15(13)17/h1-2,4,6,8-12H,3,5,7H2,(H,21,23). The molecule has 3 aromatic rings. The van der Waals surface area contributed by atoms with Gasteiger partial charge in [-0.2, -0.15) is 5.10 Å². The first-order valence-corrected chi connectivity index (χ1v) is 8.14. The van der Waals surface area contributed by atoms with E-state index < -0.39 is 0 Å². The van der Waals surface area contributed by atoms with Gasteiger partial charge in [-0.1, -0.05) is 35.9 Å². The fraction of sp³-hybridized carbons (Fsp3) is 0.158. The topological polar surface area (TPSA) is 37.3 Å². The van der Waals surface area contributed by atoms with Crippen LogP contribution in [0.3, 0.4) is 0 Å². The first-order chi connectivity index (χ1) is 11.3. The number of benzene rings is 2. The normalized spacial score (nSPS) is 15.6. The molecule has 23 heavy (non-hydrogen) atoms. The highest BCUT2D eigenvalue weighted by Gasteiger charge is 2.14. The Bertz CT molecular complexity index is 902. The summed E-state index contributed by atoms with van der Waals surface area (Å²) >= 11 is 6.04. The minimum Gasteiger partial charge on any atom is -0.277 e. The van der Waals surface area contributed by atoms with Crippen molar-refractivity contribution in [2.75, 3.05) is 5.43 Å². The molecule has 1 N–H and O–H groups in total. The largest absolute Gasteiger partial charge is 0.277 e. The monoisotopic (exact) mass is 321 g/mol. The molecule has 0 fully saturated rings. The molecule has 0 amide bonds. The van der Waals surface area contributed by atoms with Crippen LogP contribution in [0.1, 0.15) is 24.0 Å². The number of aromatic nitrogens is 1. The zero-order chi connectivity index (χ0) is 15.6. The maximum absolute atomic E-state index is 6.04. The van der Waals surface area contributed by atoms with E-state index >= 15 is 0 Å². The van der Waals surface area contributed by atoms with Gasteiger partial charge in [0.1, 0.15) is 0 Å². The summed E-state index contributed by atoms with van der Waals surface area (Å²) < 4.78 is 0. The van der Waals surface area contributed by atoms with Gasteiger partial charge < -0.3 is 0 Å². The molecule has 0 bridgehead atoms. The molecule has 0 radical (unpaired) electrons. The van der Waals surface area contributed by atoms with E-state index in [1.807, 2.05) is 24.3 Å². The van der Waals surface area contributed by atoms with Gasteiger partial charge in [-0.05, 0) is 49.1 Å². The Hall–Kier alpha value is -2.39. The Labute approximate surface area is 140 Å². The van der Waals surface area contributed by atoms with E-state index in [1.165, 1.54) is 11.1 Å². The minimum atomic E-state index is 0.690. The summed E-state index contributed by atoms with van der Waals surface area (Å²) in [5, 5.41) is 6.38. The second kappa shape index (κ2) is 6.01. The highest BCUT2D eigenvalue weighted by atomic mass is 35.5. The second-order valence-corrected chi connectivity index (χ2v) is 6.14. The lowest BCUT2D eigenvalue weighted by molar-refractivity contribution is 0.837. The molecule has 2 aromatic carbocycles. The molecule has 0 spiro atoms. The fourth-order valence-corrected chi connectivity index (χ4v) is 3.23. The number of hydrogen-bond donors (Lipinski definition) is 1. The van der Waals surface area contributed by atoms with Crippen LogP contribution >= 0.6 is 11.6 Å².